The van der Waals surface area contributed by atoms with Gasteiger partial charge < -0.3 is 13.9 Å². The van der Waals surface area contributed by atoms with Gasteiger partial charge in [-0.1, -0.05) is 176 Å². The maximum absolute atomic E-state index is 6.53. The number of benzene rings is 11. The fraction of sp³-hybridized carbons (Fsp3) is 0. The van der Waals surface area contributed by atoms with Gasteiger partial charge in [-0.2, -0.15) is 0 Å². The summed E-state index contributed by atoms with van der Waals surface area (Å²) in [7, 11) is 0. The van der Waals surface area contributed by atoms with E-state index in [-0.39, 0.29) is 0 Å². The number of aromatic nitrogens is 1. The van der Waals surface area contributed by atoms with Gasteiger partial charge in [-0.3, -0.25) is 0 Å². The Hall–Kier alpha value is -8.66. The molecule has 11 aromatic carbocycles. The van der Waals surface area contributed by atoms with Crippen LogP contribution in [0, 0.1) is 0 Å². The van der Waals surface area contributed by atoms with Crippen molar-refractivity contribution in [2.24, 2.45) is 0 Å². The van der Waals surface area contributed by atoms with E-state index in [1.165, 1.54) is 54.6 Å². The van der Waals surface area contributed by atoms with Crippen molar-refractivity contribution in [1.29, 1.82) is 0 Å². The topological polar surface area (TPSA) is 21.3 Å². The third-order valence-electron chi connectivity index (χ3n) is 13.2. The van der Waals surface area contributed by atoms with E-state index >= 15 is 0 Å². The lowest BCUT2D eigenvalue weighted by atomic mass is 9.96. The molecular formula is C62H40N2O. The normalized spacial score (nSPS) is 11.7. The molecule has 0 saturated heterocycles. The molecule has 0 atom stereocenters. The minimum atomic E-state index is 0.872. The molecule has 2 aromatic heterocycles. The van der Waals surface area contributed by atoms with Gasteiger partial charge in [-0.05, 0) is 110 Å². The van der Waals surface area contributed by atoms with E-state index in [1.54, 1.807) is 0 Å². The van der Waals surface area contributed by atoms with Crippen molar-refractivity contribution in [2.75, 3.05) is 4.90 Å². The van der Waals surface area contributed by atoms with Gasteiger partial charge in [0.2, 0.25) is 0 Å². The Morgan fingerprint density at radius 1 is 0.323 bits per heavy atom. The minimum Gasteiger partial charge on any atom is -0.456 e. The van der Waals surface area contributed by atoms with Gasteiger partial charge in [0.1, 0.15) is 11.2 Å². The summed E-state index contributed by atoms with van der Waals surface area (Å²) >= 11 is 0. The van der Waals surface area contributed by atoms with E-state index in [9.17, 15) is 0 Å². The van der Waals surface area contributed by atoms with Gasteiger partial charge in [-0.25, -0.2) is 0 Å². The average molecular weight is 829 g/mol. The average Bonchev–Trinajstić information content (AvgIpc) is 3.93. The van der Waals surface area contributed by atoms with E-state index < -0.39 is 0 Å². The van der Waals surface area contributed by atoms with E-state index in [1.807, 2.05) is 6.07 Å². The molecule has 0 aliphatic rings. The molecule has 0 radical (unpaired) electrons. The predicted molar refractivity (Wildman–Crippen MR) is 274 cm³/mol. The summed E-state index contributed by atoms with van der Waals surface area (Å²) < 4.78 is 8.99. The van der Waals surface area contributed by atoms with Crippen molar-refractivity contribution in [1.82, 2.24) is 4.57 Å². The van der Waals surface area contributed by atoms with Crippen LogP contribution in [0.3, 0.4) is 0 Å². The van der Waals surface area contributed by atoms with Gasteiger partial charge in [-0.15, -0.1) is 0 Å². The molecule has 0 saturated carbocycles. The Labute approximate surface area is 376 Å². The molecule has 0 spiro atoms. The summed E-state index contributed by atoms with van der Waals surface area (Å²) in [6, 6.07) is 87.7. The maximum Gasteiger partial charge on any atom is 0.137 e. The van der Waals surface area contributed by atoms with E-state index in [2.05, 4.69) is 246 Å². The van der Waals surface area contributed by atoms with Crippen LogP contribution in [-0.2, 0) is 0 Å². The summed E-state index contributed by atoms with van der Waals surface area (Å²) in [6.45, 7) is 0. The smallest absolute Gasteiger partial charge is 0.137 e. The highest BCUT2D eigenvalue weighted by Gasteiger charge is 2.22. The molecule has 304 valence electrons. The summed E-state index contributed by atoms with van der Waals surface area (Å²) in [5.74, 6) is 0. The first kappa shape index (κ1) is 36.9. The monoisotopic (exact) mass is 828 g/mol. The molecule has 0 amide bonds. The molecule has 13 aromatic rings. The SMILES string of the molecule is c1ccc(-c2ccc(N(c3ccc(-c4ccccc4)cc3)c3cccc(-c4cccc5c6c7c(ccc8ccccc87)ccc6n(-c6ccc7c(c6)oc6ccccc67)c45)c3)cc2)cc1. The molecular weight excluding hydrogens is 789 g/mol. The number of hydrogen-bond donors (Lipinski definition) is 0. The first-order valence-electron chi connectivity index (χ1n) is 22.2. The second-order valence-electron chi connectivity index (χ2n) is 16.9. The second kappa shape index (κ2) is 15.0. The standard InChI is InChI=1S/C62H40N2O/c1-3-13-41(14-4-1)43-27-32-48(33-28-43)63(49-34-29-44(30-35-49)42-15-5-2-6-16-42)50-19-11-18-47(39-50)53-22-12-23-56-61-57(38-31-46-26-25-45-17-7-8-20-52(45)60(46)61)64(62(53)56)51-36-37-55-54-21-9-10-24-58(54)65-59(55)40-51/h1-40H. The molecule has 2 heterocycles. The van der Waals surface area contributed by atoms with Crippen molar-refractivity contribution in [3.8, 4) is 39.1 Å². The third-order valence-corrected chi connectivity index (χ3v) is 13.2. The van der Waals surface area contributed by atoms with Gasteiger partial charge >= 0.3 is 0 Å². The van der Waals surface area contributed by atoms with Crippen molar-refractivity contribution in [3.63, 3.8) is 0 Å². The fourth-order valence-electron chi connectivity index (χ4n) is 10.1. The highest BCUT2D eigenvalue weighted by Crippen LogP contribution is 2.45. The van der Waals surface area contributed by atoms with Crippen LogP contribution in [0.1, 0.15) is 0 Å². The fourth-order valence-corrected chi connectivity index (χ4v) is 10.1. The number of hydrogen-bond acceptors (Lipinski definition) is 2. The molecule has 13 rings (SSSR count). The lowest BCUT2D eigenvalue weighted by molar-refractivity contribution is 0.668. The van der Waals surface area contributed by atoms with Crippen LogP contribution in [0.5, 0.6) is 0 Å². The molecule has 0 N–H and O–H groups in total. The zero-order valence-electron chi connectivity index (χ0n) is 35.4. The minimum absolute atomic E-state index is 0.872. The zero-order valence-corrected chi connectivity index (χ0v) is 35.4. The zero-order chi connectivity index (χ0) is 42.8. The first-order chi connectivity index (χ1) is 32.2. The molecule has 0 fully saturated rings. The number of fused-ring (bicyclic) bond motifs is 10. The summed E-state index contributed by atoms with van der Waals surface area (Å²) in [5.41, 5.74) is 15.4. The first-order valence-corrected chi connectivity index (χ1v) is 22.2. The lowest BCUT2D eigenvalue weighted by Crippen LogP contribution is -2.10. The Kier molecular flexibility index (Phi) is 8.53. The summed E-state index contributed by atoms with van der Waals surface area (Å²) in [5, 5.41) is 9.67. The Bertz CT molecular complexity index is 3840. The van der Waals surface area contributed by atoms with Crippen LogP contribution in [-0.4, -0.2) is 4.57 Å². The quantitative estimate of drug-likeness (QED) is 0.149. The molecule has 0 unspecified atom stereocenters. The van der Waals surface area contributed by atoms with Crippen molar-refractivity contribution >= 4 is 82.4 Å². The highest BCUT2D eigenvalue weighted by atomic mass is 16.3. The molecule has 3 nitrogen and oxygen atoms in total. The van der Waals surface area contributed by atoms with Crippen LogP contribution >= 0.6 is 0 Å². The molecule has 3 heteroatoms. The van der Waals surface area contributed by atoms with E-state index in [0.29, 0.717) is 0 Å². The van der Waals surface area contributed by atoms with Crippen LogP contribution < -0.4 is 4.90 Å². The van der Waals surface area contributed by atoms with Crippen LogP contribution in [0.4, 0.5) is 17.1 Å². The maximum atomic E-state index is 6.53. The molecule has 0 aliphatic heterocycles. The predicted octanol–water partition coefficient (Wildman–Crippen LogP) is 17.5. The van der Waals surface area contributed by atoms with E-state index in [0.717, 1.165) is 66.8 Å². The van der Waals surface area contributed by atoms with Crippen LogP contribution in [0.25, 0.3) is 104 Å². The number of para-hydroxylation sites is 2. The highest BCUT2D eigenvalue weighted by molar-refractivity contribution is 6.29. The molecule has 0 aliphatic carbocycles. The lowest BCUT2D eigenvalue weighted by Gasteiger charge is -2.26. The number of nitrogens with zero attached hydrogens (tertiary/aromatic N) is 2. The van der Waals surface area contributed by atoms with Crippen LogP contribution in [0.2, 0.25) is 0 Å². The summed E-state index contributed by atoms with van der Waals surface area (Å²) in [6.07, 6.45) is 0. The Balaban J connectivity index is 1.04. The van der Waals surface area contributed by atoms with Gasteiger partial charge in [0.15, 0.2) is 0 Å². The summed E-state index contributed by atoms with van der Waals surface area (Å²) in [4.78, 5) is 2.37. The number of rotatable bonds is 7. The van der Waals surface area contributed by atoms with Crippen molar-refractivity contribution < 1.29 is 4.42 Å². The molecule has 65 heavy (non-hydrogen) atoms. The van der Waals surface area contributed by atoms with E-state index in [4.69, 9.17) is 4.42 Å². The molecule has 0 bridgehead atoms. The number of furan rings is 1. The Morgan fingerprint density at radius 3 is 1.63 bits per heavy atom. The van der Waals surface area contributed by atoms with Gasteiger partial charge in [0, 0.05) is 55.9 Å². The second-order valence-corrected chi connectivity index (χ2v) is 16.9. The van der Waals surface area contributed by atoms with Gasteiger partial charge in [0.05, 0.1) is 11.0 Å². The van der Waals surface area contributed by atoms with Crippen molar-refractivity contribution in [3.05, 3.63) is 243 Å². The van der Waals surface area contributed by atoms with Gasteiger partial charge in [0.25, 0.3) is 0 Å². The largest absolute Gasteiger partial charge is 0.456 e. The number of anilines is 3. The van der Waals surface area contributed by atoms with Crippen LogP contribution in [0.15, 0.2) is 247 Å². The van der Waals surface area contributed by atoms with Crippen molar-refractivity contribution in [2.45, 2.75) is 0 Å². The third kappa shape index (κ3) is 6.12. The Morgan fingerprint density at radius 2 is 0.892 bits per heavy atom.